The largest absolute Gasteiger partial charge is 0.354 e. The van der Waals surface area contributed by atoms with Gasteiger partial charge in [-0.2, -0.15) is 5.26 Å². The molecule has 5 heteroatoms. The molecule has 0 aromatic carbocycles. The second kappa shape index (κ2) is 6.38. The number of carbonyl (C=O) groups is 1. The highest BCUT2D eigenvalue weighted by Gasteiger charge is 2.22. The van der Waals surface area contributed by atoms with Crippen LogP contribution in [0.25, 0.3) is 0 Å². The van der Waals surface area contributed by atoms with Gasteiger partial charge in [-0.25, -0.2) is 0 Å². The van der Waals surface area contributed by atoms with Crippen LogP contribution in [0, 0.1) is 11.3 Å². The maximum Gasteiger partial charge on any atom is 0.234 e. The van der Waals surface area contributed by atoms with E-state index in [1.54, 1.807) is 0 Å². The summed E-state index contributed by atoms with van der Waals surface area (Å²) in [7, 11) is 1.95. The number of rotatable bonds is 5. The van der Waals surface area contributed by atoms with Gasteiger partial charge in [-0.1, -0.05) is 0 Å². The lowest BCUT2D eigenvalue weighted by molar-refractivity contribution is -0.121. The molecule has 15 heavy (non-hydrogen) atoms. The van der Waals surface area contributed by atoms with E-state index in [1.807, 2.05) is 13.1 Å². The average molecular weight is 210 g/mol. The summed E-state index contributed by atoms with van der Waals surface area (Å²) in [5.41, 5.74) is 0. The number of carbonyl (C=O) groups excluding carboxylic acids is 1. The molecule has 0 saturated carbocycles. The molecule has 5 nitrogen and oxygen atoms in total. The summed E-state index contributed by atoms with van der Waals surface area (Å²) < 4.78 is 0. The Morgan fingerprint density at radius 2 is 2.47 bits per heavy atom. The molecular weight excluding hydrogens is 192 g/mol. The molecule has 1 fully saturated rings. The molecule has 0 bridgehead atoms. The van der Waals surface area contributed by atoms with Crippen LogP contribution < -0.4 is 10.6 Å². The van der Waals surface area contributed by atoms with E-state index in [9.17, 15) is 4.79 Å². The first-order valence-electron chi connectivity index (χ1n) is 5.29. The van der Waals surface area contributed by atoms with Gasteiger partial charge in [0.2, 0.25) is 5.91 Å². The highest BCUT2D eigenvalue weighted by molar-refractivity contribution is 5.78. The van der Waals surface area contributed by atoms with Crippen molar-refractivity contribution in [2.75, 3.05) is 33.2 Å². The minimum Gasteiger partial charge on any atom is -0.354 e. The zero-order valence-electron chi connectivity index (χ0n) is 9.12. The van der Waals surface area contributed by atoms with Crippen molar-refractivity contribution in [2.45, 2.75) is 18.9 Å². The van der Waals surface area contributed by atoms with E-state index in [1.165, 1.54) is 0 Å². The first-order chi connectivity index (χ1) is 7.26. The van der Waals surface area contributed by atoms with E-state index in [-0.39, 0.29) is 5.91 Å². The fourth-order valence-electron chi connectivity index (χ4n) is 1.73. The Morgan fingerprint density at radius 3 is 3.07 bits per heavy atom. The van der Waals surface area contributed by atoms with Gasteiger partial charge in [0.1, 0.15) is 0 Å². The lowest BCUT2D eigenvalue weighted by atomic mass is 10.3. The fraction of sp³-hybridized carbons (Fsp3) is 0.800. The quantitative estimate of drug-likeness (QED) is 0.589. The molecule has 1 aliphatic heterocycles. The van der Waals surface area contributed by atoms with E-state index in [4.69, 9.17) is 5.26 Å². The van der Waals surface area contributed by atoms with Crippen molar-refractivity contribution in [1.82, 2.24) is 15.5 Å². The number of amides is 1. The van der Waals surface area contributed by atoms with Gasteiger partial charge in [-0.05, 0) is 13.5 Å². The van der Waals surface area contributed by atoms with E-state index in [2.05, 4.69) is 15.5 Å². The molecule has 0 radical (unpaired) electrons. The maximum absolute atomic E-state index is 11.4. The van der Waals surface area contributed by atoms with Gasteiger partial charge in [0.25, 0.3) is 0 Å². The highest BCUT2D eigenvalue weighted by Crippen LogP contribution is 2.07. The number of hydrogen-bond acceptors (Lipinski definition) is 4. The Labute approximate surface area is 90.4 Å². The maximum atomic E-state index is 11.4. The van der Waals surface area contributed by atoms with Crippen molar-refractivity contribution in [3.05, 3.63) is 0 Å². The van der Waals surface area contributed by atoms with E-state index in [0.29, 0.717) is 25.6 Å². The molecule has 1 rings (SSSR count). The Balaban J connectivity index is 2.13. The molecule has 1 aliphatic rings. The Morgan fingerprint density at radius 1 is 1.67 bits per heavy atom. The number of likely N-dealkylation sites (tertiary alicyclic amines) is 1. The van der Waals surface area contributed by atoms with Crippen LogP contribution in [0.1, 0.15) is 12.8 Å². The molecule has 1 amide bonds. The summed E-state index contributed by atoms with van der Waals surface area (Å²) in [4.78, 5) is 13.5. The van der Waals surface area contributed by atoms with Gasteiger partial charge in [-0.15, -0.1) is 0 Å². The number of hydrogen-bond donors (Lipinski definition) is 2. The molecular formula is C10H18N4O. The van der Waals surface area contributed by atoms with Crippen molar-refractivity contribution >= 4 is 5.91 Å². The molecule has 1 saturated heterocycles. The van der Waals surface area contributed by atoms with Crippen molar-refractivity contribution in [3.8, 4) is 6.07 Å². The second-order valence-corrected chi connectivity index (χ2v) is 3.77. The second-order valence-electron chi connectivity index (χ2n) is 3.77. The highest BCUT2D eigenvalue weighted by atomic mass is 16.2. The summed E-state index contributed by atoms with van der Waals surface area (Å²) in [6.07, 6.45) is 1.48. The van der Waals surface area contributed by atoms with Crippen LogP contribution >= 0.6 is 0 Å². The molecule has 84 valence electrons. The summed E-state index contributed by atoms with van der Waals surface area (Å²) in [6, 6.07) is 2.51. The zero-order chi connectivity index (χ0) is 11.1. The van der Waals surface area contributed by atoms with Gasteiger partial charge in [0.15, 0.2) is 0 Å². The Kier molecular flexibility index (Phi) is 5.08. The van der Waals surface area contributed by atoms with Gasteiger partial charge in [-0.3, -0.25) is 9.69 Å². The SMILES string of the molecule is CNC1CCN(CC(=O)NCCC#N)C1. The van der Waals surface area contributed by atoms with Gasteiger partial charge in [0.05, 0.1) is 19.0 Å². The molecule has 1 unspecified atom stereocenters. The normalized spacial score (nSPS) is 21.2. The monoisotopic (exact) mass is 210 g/mol. The van der Waals surface area contributed by atoms with E-state index in [0.717, 1.165) is 19.5 Å². The van der Waals surface area contributed by atoms with Gasteiger partial charge in [0, 0.05) is 25.7 Å². The molecule has 0 aromatic heterocycles. The van der Waals surface area contributed by atoms with Crippen LogP contribution in [-0.2, 0) is 4.79 Å². The van der Waals surface area contributed by atoms with Crippen molar-refractivity contribution in [2.24, 2.45) is 0 Å². The Bertz CT molecular complexity index is 248. The predicted octanol–water partition coefficient (Wildman–Crippen LogP) is -0.690. The Hall–Kier alpha value is -1.12. The van der Waals surface area contributed by atoms with Crippen molar-refractivity contribution in [1.29, 1.82) is 5.26 Å². The summed E-state index contributed by atoms with van der Waals surface area (Å²) in [6.45, 7) is 2.81. The number of nitriles is 1. The lowest BCUT2D eigenvalue weighted by Gasteiger charge is -2.14. The smallest absolute Gasteiger partial charge is 0.234 e. The van der Waals surface area contributed by atoms with Crippen molar-refractivity contribution < 1.29 is 4.79 Å². The third kappa shape index (κ3) is 4.28. The summed E-state index contributed by atoms with van der Waals surface area (Å²) in [5.74, 6) is 0.0157. The molecule has 0 spiro atoms. The first-order valence-corrected chi connectivity index (χ1v) is 5.29. The fourth-order valence-corrected chi connectivity index (χ4v) is 1.73. The minimum absolute atomic E-state index is 0.0157. The first kappa shape index (κ1) is 12.0. The topological polar surface area (TPSA) is 68.2 Å². The predicted molar refractivity (Wildman–Crippen MR) is 57.1 cm³/mol. The number of nitrogens with zero attached hydrogens (tertiary/aromatic N) is 2. The molecule has 0 aliphatic carbocycles. The molecule has 0 aromatic rings. The van der Waals surface area contributed by atoms with Crippen LogP contribution in [0.3, 0.4) is 0 Å². The van der Waals surface area contributed by atoms with Crippen molar-refractivity contribution in [3.63, 3.8) is 0 Å². The van der Waals surface area contributed by atoms with Crippen LogP contribution in [0.5, 0.6) is 0 Å². The van der Waals surface area contributed by atoms with E-state index >= 15 is 0 Å². The van der Waals surface area contributed by atoms with Crippen LogP contribution in [0.4, 0.5) is 0 Å². The lowest BCUT2D eigenvalue weighted by Crippen LogP contribution is -2.38. The number of nitrogens with one attached hydrogen (secondary N) is 2. The summed E-state index contributed by atoms with van der Waals surface area (Å²) >= 11 is 0. The van der Waals surface area contributed by atoms with E-state index < -0.39 is 0 Å². The van der Waals surface area contributed by atoms with Crippen LogP contribution in [-0.4, -0.2) is 50.1 Å². The molecule has 1 atom stereocenters. The summed E-state index contributed by atoms with van der Waals surface area (Å²) in [5, 5.41) is 14.2. The van der Waals surface area contributed by atoms with Crippen LogP contribution in [0.2, 0.25) is 0 Å². The third-order valence-electron chi connectivity index (χ3n) is 2.61. The van der Waals surface area contributed by atoms with Gasteiger partial charge >= 0.3 is 0 Å². The molecule has 1 heterocycles. The average Bonchev–Trinajstić information content (AvgIpc) is 2.66. The third-order valence-corrected chi connectivity index (χ3v) is 2.61. The van der Waals surface area contributed by atoms with Crippen LogP contribution in [0.15, 0.2) is 0 Å². The number of likely N-dealkylation sites (N-methyl/N-ethyl adjacent to an activating group) is 1. The minimum atomic E-state index is 0.0157. The van der Waals surface area contributed by atoms with Gasteiger partial charge < -0.3 is 10.6 Å². The zero-order valence-corrected chi connectivity index (χ0v) is 9.12. The standard InChI is InChI=1S/C10H18N4O/c1-12-9-3-6-14(7-9)8-10(15)13-5-2-4-11/h9,12H,2-3,5-8H2,1H3,(H,13,15). The molecule has 2 N–H and O–H groups in total.